The van der Waals surface area contributed by atoms with Crippen LogP contribution in [0.2, 0.25) is 5.02 Å². The summed E-state index contributed by atoms with van der Waals surface area (Å²) in [5.74, 6) is -1.07. The molecule has 0 amide bonds. The van der Waals surface area contributed by atoms with E-state index in [0.717, 1.165) is 12.1 Å². The maximum Gasteiger partial charge on any atom is 0.416 e. The Morgan fingerprint density at radius 1 is 1.24 bits per heavy atom. The number of alkyl halides is 3. The largest absolute Gasteiger partial charge is 0.416 e. The van der Waals surface area contributed by atoms with Gasteiger partial charge in [-0.2, -0.15) is 13.2 Å². The van der Waals surface area contributed by atoms with E-state index in [4.69, 9.17) is 11.6 Å². The number of halogens is 6. The second-order valence-corrected chi connectivity index (χ2v) is 7.06. The van der Waals surface area contributed by atoms with Gasteiger partial charge in [0.2, 0.25) is 0 Å². The summed E-state index contributed by atoms with van der Waals surface area (Å²) in [5.41, 5.74) is -2.52. The summed E-state index contributed by atoms with van der Waals surface area (Å²) in [6, 6.07) is 0.785. The summed E-state index contributed by atoms with van der Waals surface area (Å²) < 4.78 is 55.1. The first-order valence-corrected chi connectivity index (χ1v) is 8.08. The average molecular weight is 405 g/mol. The minimum atomic E-state index is -4.71. The van der Waals surface area contributed by atoms with Crippen LogP contribution < -0.4 is 5.32 Å². The highest BCUT2D eigenvalue weighted by Gasteiger charge is 2.44. The molecule has 2 rings (SSSR count). The lowest BCUT2D eigenvalue weighted by atomic mass is 9.78. The second-order valence-electron chi connectivity index (χ2n) is 6.66. The Kier molecular flexibility index (Phi) is 7.53. The fourth-order valence-electron chi connectivity index (χ4n) is 3.18. The number of benzene rings is 1. The molecule has 1 aliphatic rings. The van der Waals surface area contributed by atoms with Gasteiger partial charge >= 0.3 is 6.18 Å². The third kappa shape index (κ3) is 4.77. The van der Waals surface area contributed by atoms with Crippen LogP contribution in [0.1, 0.15) is 31.0 Å². The van der Waals surface area contributed by atoms with Gasteiger partial charge in [0, 0.05) is 49.8 Å². The van der Waals surface area contributed by atoms with Crippen molar-refractivity contribution in [3.63, 3.8) is 0 Å². The summed E-state index contributed by atoms with van der Waals surface area (Å²) in [4.78, 5) is 1.77. The van der Waals surface area contributed by atoms with Gasteiger partial charge in [0.25, 0.3) is 0 Å². The molecular formula is C16H22Cl2F4N2O. The molecule has 0 spiro atoms. The molecule has 1 atom stereocenters. The molecule has 2 N–H and O–H groups in total. The molecule has 9 heteroatoms. The van der Waals surface area contributed by atoms with E-state index in [0.29, 0.717) is 26.2 Å². The van der Waals surface area contributed by atoms with Crippen LogP contribution in [0, 0.1) is 11.2 Å². The van der Waals surface area contributed by atoms with E-state index in [2.05, 4.69) is 5.32 Å². The standard InChI is InChI=1S/C16H21ClF4N2O.ClH/c1-15(2,9-24)14(23-7-5-22-6-8-23)12-10(16(19,20)21)3-4-11(17)13(12)18;/h3-4,14,22,24H,5-9H2,1-2H3;1H/t14-;/m1./s1. The van der Waals surface area contributed by atoms with Gasteiger partial charge in [0.05, 0.1) is 10.6 Å². The Morgan fingerprint density at radius 3 is 2.28 bits per heavy atom. The number of nitrogens with one attached hydrogen (secondary N) is 1. The zero-order valence-electron chi connectivity index (χ0n) is 14.0. The first kappa shape index (κ1) is 22.4. The van der Waals surface area contributed by atoms with Crippen molar-refractivity contribution >= 4 is 24.0 Å². The summed E-state index contributed by atoms with van der Waals surface area (Å²) in [6.45, 7) is 4.95. The molecule has 3 nitrogen and oxygen atoms in total. The number of aliphatic hydroxyl groups excluding tert-OH is 1. The zero-order valence-corrected chi connectivity index (χ0v) is 15.5. The van der Waals surface area contributed by atoms with E-state index < -0.39 is 34.6 Å². The van der Waals surface area contributed by atoms with Crippen molar-refractivity contribution in [3.05, 3.63) is 34.1 Å². The average Bonchev–Trinajstić information content (AvgIpc) is 2.51. The molecule has 25 heavy (non-hydrogen) atoms. The van der Waals surface area contributed by atoms with Gasteiger partial charge in [0.15, 0.2) is 0 Å². The Balaban J connectivity index is 0.00000312. The molecule has 1 fully saturated rings. The van der Waals surface area contributed by atoms with Crippen LogP contribution in [-0.2, 0) is 6.18 Å². The molecule has 144 valence electrons. The van der Waals surface area contributed by atoms with E-state index in [9.17, 15) is 22.7 Å². The van der Waals surface area contributed by atoms with E-state index >= 15 is 0 Å². The lowest BCUT2D eigenvalue weighted by Crippen LogP contribution is -2.50. The van der Waals surface area contributed by atoms with Crippen LogP contribution in [-0.4, -0.2) is 42.8 Å². The van der Waals surface area contributed by atoms with Gasteiger partial charge in [-0.05, 0) is 12.1 Å². The van der Waals surface area contributed by atoms with Gasteiger partial charge in [-0.3, -0.25) is 4.90 Å². The van der Waals surface area contributed by atoms with Crippen molar-refractivity contribution in [1.29, 1.82) is 0 Å². The number of hydrogen-bond donors (Lipinski definition) is 2. The van der Waals surface area contributed by atoms with E-state index in [1.54, 1.807) is 18.7 Å². The van der Waals surface area contributed by atoms with Crippen LogP contribution >= 0.6 is 24.0 Å². The van der Waals surface area contributed by atoms with E-state index in [1.807, 2.05) is 0 Å². The van der Waals surface area contributed by atoms with Crippen LogP contribution in [0.5, 0.6) is 0 Å². The molecular weight excluding hydrogens is 383 g/mol. The normalized spacial score (nSPS) is 17.9. The summed E-state index contributed by atoms with van der Waals surface area (Å²) in [7, 11) is 0. The van der Waals surface area contributed by atoms with Crippen LogP contribution in [0.25, 0.3) is 0 Å². The molecule has 1 heterocycles. The lowest BCUT2D eigenvalue weighted by molar-refractivity contribution is -0.139. The fraction of sp³-hybridized carbons (Fsp3) is 0.625. The summed E-state index contributed by atoms with van der Waals surface area (Å²) in [5, 5.41) is 12.5. The van der Waals surface area contributed by atoms with Gasteiger partial charge < -0.3 is 10.4 Å². The maximum atomic E-state index is 14.7. The maximum absolute atomic E-state index is 14.7. The molecule has 0 aromatic heterocycles. The van der Waals surface area contributed by atoms with Crippen LogP contribution in [0.15, 0.2) is 12.1 Å². The second kappa shape index (κ2) is 8.39. The lowest BCUT2D eigenvalue weighted by Gasteiger charge is -2.44. The topological polar surface area (TPSA) is 35.5 Å². The minimum absolute atomic E-state index is 0. The Bertz CT molecular complexity index is 590. The Labute approximate surface area is 155 Å². The van der Waals surface area contributed by atoms with E-state index in [1.165, 1.54) is 0 Å². The highest BCUT2D eigenvalue weighted by Crippen LogP contribution is 2.46. The van der Waals surface area contributed by atoms with Crippen molar-refractivity contribution in [3.8, 4) is 0 Å². The predicted molar refractivity (Wildman–Crippen MR) is 91.7 cm³/mol. The third-order valence-corrected chi connectivity index (χ3v) is 4.67. The molecule has 1 aromatic carbocycles. The van der Waals surface area contributed by atoms with Crippen LogP contribution in [0.3, 0.4) is 0 Å². The molecule has 0 radical (unpaired) electrons. The highest BCUT2D eigenvalue weighted by molar-refractivity contribution is 6.30. The molecule has 0 aliphatic carbocycles. The number of piperazine rings is 1. The first-order valence-electron chi connectivity index (χ1n) is 7.70. The Morgan fingerprint density at radius 2 is 1.80 bits per heavy atom. The SMILES string of the molecule is CC(C)(CO)[C@@H](c1c(C(F)(F)F)ccc(Cl)c1F)N1CCNCC1.Cl. The van der Waals surface area contributed by atoms with Crippen molar-refractivity contribution in [2.45, 2.75) is 26.1 Å². The molecule has 1 saturated heterocycles. The number of hydrogen-bond acceptors (Lipinski definition) is 3. The summed E-state index contributed by atoms with van der Waals surface area (Å²) >= 11 is 5.78. The van der Waals surface area contributed by atoms with Crippen LogP contribution in [0.4, 0.5) is 17.6 Å². The monoisotopic (exact) mass is 404 g/mol. The number of nitrogens with zero attached hydrogens (tertiary/aromatic N) is 1. The third-order valence-electron chi connectivity index (χ3n) is 4.38. The van der Waals surface area contributed by atoms with Crippen molar-refractivity contribution in [1.82, 2.24) is 10.2 Å². The minimum Gasteiger partial charge on any atom is -0.396 e. The molecule has 0 bridgehead atoms. The molecule has 0 saturated carbocycles. The quantitative estimate of drug-likeness (QED) is 0.747. The first-order chi connectivity index (χ1) is 11.1. The Hall–Kier alpha value is -0.600. The smallest absolute Gasteiger partial charge is 0.396 e. The fourth-order valence-corrected chi connectivity index (χ4v) is 3.34. The number of aliphatic hydroxyl groups is 1. The predicted octanol–water partition coefficient (Wildman–Crippen LogP) is 3.88. The van der Waals surface area contributed by atoms with Crippen molar-refractivity contribution in [2.75, 3.05) is 32.8 Å². The summed E-state index contributed by atoms with van der Waals surface area (Å²) in [6.07, 6.45) is -4.71. The van der Waals surface area contributed by atoms with Gasteiger partial charge in [0.1, 0.15) is 5.82 Å². The number of rotatable bonds is 4. The van der Waals surface area contributed by atoms with E-state index in [-0.39, 0.29) is 24.0 Å². The highest BCUT2D eigenvalue weighted by atomic mass is 35.5. The van der Waals surface area contributed by atoms with Gasteiger partial charge in [-0.1, -0.05) is 25.4 Å². The van der Waals surface area contributed by atoms with Crippen molar-refractivity contribution < 1.29 is 22.7 Å². The van der Waals surface area contributed by atoms with Crippen molar-refractivity contribution in [2.24, 2.45) is 5.41 Å². The molecule has 1 aromatic rings. The molecule has 0 unspecified atom stereocenters. The van der Waals surface area contributed by atoms with Gasteiger partial charge in [-0.25, -0.2) is 4.39 Å². The van der Waals surface area contributed by atoms with Gasteiger partial charge in [-0.15, -0.1) is 12.4 Å². The zero-order chi connectivity index (χ0) is 18.1. The molecule has 1 aliphatic heterocycles.